The number of hydrogen-bond donors (Lipinski definition) is 2. The number of carbonyl (C=O) groups is 1. The van der Waals surface area contributed by atoms with Crippen LogP contribution in [0.3, 0.4) is 0 Å². The number of anilines is 2. The molecule has 1 aromatic heterocycles. The first-order valence-electron chi connectivity index (χ1n) is 10.9. The monoisotopic (exact) mass is 432 g/mol. The highest BCUT2D eigenvalue weighted by Crippen LogP contribution is 2.43. The van der Waals surface area contributed by atoms with Gasteiger partial charge in [0.2, 0.25) is 0 Å². The van der Waals surface area contributed by atoms with Crippen molar-refractivity contribution in [1.29, 1.82) is 0 Å². The first kappa shape index (κ1) is 20.3. The van der Waals surface area contributed by atoms with E-state index in [-0.39, 0.29) is 11.6 Å². The minimum absolute atomic E-state index is 0.131. The van der Waals surface area contributed by atoms with Crippen molar-refractivity contribution < 1.29 is 14.3 Å². The standard InChI is InChI=1S/C25H28N4O3/c1-17-6-8-21-19(15-17)27-25(23-5-4-12-29(21)23)10-13-28(14-11-25)24(30)26-20-16-18(31-2)7-9-22(20)32-3/h4-9,12,15-16,27H,10-11,13-14H2,1-3H3,(H,26,30). The number of benzene rings is 2. The zero-order chi connectivity index (χ0) is 22.3. The van der Waals surface area contributed by atoms with Crippen LogP contribution in [0.2, 0.25) is 0 Å². The van der Waals surface area contributed by atoms with E-state index in [9.17, 15) is 4.79 Å². The largest absolute Gasteiger partial charge is 0.497 e. The number of fused-ring (bicyclic) bond motifs is 4. The van der Waals surface area contributed by atoms with Crippen LogP contribution in [0, 0.1) is 6.92 Å². The number of amides is 2. The number of rotatable bonds is 3. The molecule has 0 radical (unpaired) electrons. The van der Waals surface area contributed by atoms with E-state index in [1.165, 1.54) is 16.9 Å². The van der Waals surface area contributed by atoms with Crippen LogP contribution >= 0.6 is 0 Å². The molecule has 32 heavy (non-hydrogen) atoms. The van der Waals surface area contributed by atoms with Gasteiger partial charge in [0.15, 0.2) is 0 Å². The molecular formula is C25H28N4O3. The molecule has 2 aliphatic heterocycles. The number of nitrogens with one attached hydrogen (secondary N) is 2. The Morgan fingerprint density at radius 1 is 1.06 bits per heavy atom. The number of methoxy groups -OCH3 is 2. The molecule has 2 amide bonds. The fraction of sp³-hybridized carbons (Fsp3) is 0.320. The molecule has 1 spiro atoms. The summed E-state index contributed by atoms with van der Waals surface area (Å²) in [5, 5.41) is 6.81. The van der Waals surface area contributed by atoms with Crippen molar-refractivity contribution in [3.63, 3.8) is 0 Å². The van der Waals surface area contributed by atoms with Crippen molar-refractivity contribution in [2.75, 3.05) is 37.9 Å². The van der Waals surface area contributed by atoms with E-state index in [0.29, 0.717) is 30.3 Å². The van der Waals surface area contributed by atoms with Crippen LogP contribution in [-0.4, -0.2) is 42.8 Å². The maximum Gasteiger partial charge on any atom is 0.321 e. The lowest BCUT2D eigenvalue weighted by Gasteiger charge is -2.46. The molecule has 1 saturated heterocycles. The van der Waals surface area contributed by atoms with Crippen molar-refractivity contribution in [2.45, 2.75) is 25.3 Å². The highest BCUT2D eigenvalue weighted by atomic mass is 16.5. The zero-order valence-corrected chi connectivity index (χ0v) is 18.6. The second-order valence-electron chi connectivity index (χ2n) is 8.47. The van der Waals surface area contributed by atoms with Crippen LogP contribution in [0.25, 0.3) is 5.69 Å². The van der Waals surface area contributed by atoms with E-state index in [2.05, 4.69) is 58.7 Å². The van der Waals surface area contributed by atoms with Gasteiger partial charge in [-0.2, -0.15) is 0 Å². The van der Waals surface area contributed by atoms with Gasteiger partial charge in [-0.05, 0) is 61.7 Å². The molecule has 2 aliphatic rings. The molecule has 7 heteroatoms. The van der Waals surface area contributed by atoms with Gasteiger partial charge in [-0.15, -0.1) is 0 Å². The van der Waals surface area contributed by atoms with Crippen molar-refractivity contribution in [3.05, 3.63) is 66.0 Å². The molecular weight excluding hydrogens is 404 g/mol. The predicted octanol–water partition coefficient (Wildman–Crippen LogP) is 4.75. The molecule has 0 aliphatic carbocycles. The van der Waals surface area contributed by atoms with Crippen LogP contribution in [-0.2, 0) is 5.54 Å². The molecule has 3 heterocycles. The zero-order valence-electron chi connectivity index (χ0n) is 18.6. The highest BCUT2D eigenvalue weighted by Gasteiger charge is 2.42. The summed E-state index contributed by atoms with van der Waals surface area (Å²) < 4.78 is 13.0. The lowest BCUT2D eigenvalue weighted by atomic mass is 9.82. The van der Waals surface area contributed by atoms with Gasteiger partial charge in [-0.1, -0.05) is 6.07 Å². The SMILES string of the molecule is COc1ccc(OC)c(NC(=O)N2CCC3(CC2)Nc2cc(C)ccc2-n2cccc23)c1. The summed E-state index contributed by atoms with van der Waals surface area (Å²) in [4.78, 5) is 14.9. The van der Waals surface area contributed by atoms with Crippen molar-refractivity contribution in [2.24, 2.45) is 0 Å². The number of nitrogens with zero attached hydrogens (tertiary/aromatic N) is 2. The van der Waals surface area contributed by atoms with E-state index in [1.807, 2.05) is 11.0 Å². The average molecular weight is 433 g/mol. The number of aryl methyl sites for hydroxylation is 1. The highest BCUT2D eigenvalue weighted by molar-refractivity contribution is 5.91. The van der Waals surface area contributed by atoms with Crippen LogP contribution in [0.1, 0.15) is 24.1 Å². The third kappa shape index (κ3) is 3.34. The average Bonchev–Trinajstić information content (AvgIpc) is 3.30. The van der Waals surface area contributed by atoms with E-state index < -0.39 is 0 Å². The number of hydrogen-bond acceptors (Lipinski definition) is 4. The van der Waals surface area contributed by atoms with Gasteiger partial charge in [-0.25, -0.2) is 4.79 Å². The number of piperidine rings is 1. The van der Waals surface area contributed by atoms with Gasteiger partial charge < -0.3 is 29.6 Å². The van der Waals surface area contributed by atoms with Gasteiger partial charge in [0.1, 0.15) is 11.5 Å². The van der Waals surface area contributed by atoms with Gasteiger partial charge >= 0.3 is 6.03 Å². The van der Waals surface area contributed by atoms with Crippen molar-refractivity contribution in [3.8, 4) is 17.2 Å². The molecule has 5 rings (SSSR count). The second kappa shape index (κ2) is 7.82. The predicted molar refractivity (Wildman–Crippen MR) is 125 cm³/mol. The number of likely N-dealkylation sites (tertiary alicyclic amines) is 1. The molecule has 2 N–H and O–H groups in total. The molecule has 0 unspecified atom stereocenters. The Morgan fingerprint density at radius 2 is 1.88 bits per heavy atom. The smallest absolute Gasteiger partial charge is 0.321 e. The molecule has 0 atom stereocenters. The van der Waals surface area contributed by atoms with Gasteiger partial charge in [0.25, 0.3) is 0 Å². The molecule has 0 bridgehead atoms. The Balaban J connectivity index is 1.34. The summed E-state index contributed by atoms with van der Waals surface area (Å²) >= 11 is 0. The number of urea groups is 1. The Bertz CT molecular complexity index is 1160. The van der Waals surface area contributed by atoms with Crippen LogP contribution < -0.4 is 20.1 Å². The van der Waals surface area contributed by atoms with Gasteiger partial charge in [0.05, 0.1) is 36.8 Å². The van der Waals surface area contributed by atoms with Crippen LogP contribution in [0.15, 0.2) is 54.7 Å². The van der Waals surface area contributed by atoms with Crippen LogP contribution in [0.4, 0.5) is 16.2 Å². The fourth-order valence-electron chi connectivity index (χ4n) is 4.84. The quantitative estimate of drug-likeness (QED) is 0.627. The summed E-state index contributed by atoms with van der Waals surface area (Å²) in [7, 11) is 3.19. The Hall–Kier alpha value is -3.61. The number of ether oxygens (including phenoxy) is 2. The summed E-state index contributed by atoms with van der Waals surface area (Å²) in [6.45, 7) is 3.41. The molecule has 7 nitrogen and oxygen atoms in total. The summed E-state index contributed by atoms with van der Waals surface area (Å²) in [6, 6.07) is 16.0. The third-order valence-corrected chi connectivity index (χ3v) is 6.58. The van der Waals surface area contributed by atoms with E-state index in [1.54, 1.807) is 26.4 Å². The molecule has 166 valence electrons. The third-order valence-electron chi connectivity index (χ3n) is 6.58. The lowest BCUT2D eigenvalue weighted by molar-refractivity contribution is 0.174. The van der Waals surface area contributed by atoms with E-state index in [4.69, 9.17) is 9.47 Å². The van der Waals surface area contributed by atoms with Crippen molar-refractivity contribution >= 4 is 17.4 Å². The topological polar surface area (TPSA) is 67.8 Å². The first-order valence-corrected chi connectivity index (χ1v) is 10.9. The maximum absolute atomic E-state index is 13.0. The first-order chi connectivity index (χ1) is 15.5. The minimum Gasteiger partial charge on any atom is -0.497 e. The normalized spacial score (nSPS) is 16.0. The van der Waals surface area contributed by atoms with Gasteiger partial charge in [-0.3, -0.25) is 0 Å². The summed E-state index contributed by atoms with van der Waals surface area (Å²) in [6.07, 6.45) is 3.78. The number of carbonyl (C=O) groups excluding carboxylic acids is 1. The molecule has 3 aromatic rings. The summed E-state index contributed by atoms with van der Waals surface area (Å²) in [5.74, 6) is 1.27. The summed E-state index contributed by atoms with van der Waals surface area (Å²) in [5.41, 5.74) is 5.22. The molecule has 0 saturated carbocycles. The second-order valence-corrected chi connectivity index (χ2v) is 8.47. The minimum atomic E-state index is -0.186. The van der Waals surface area contributed by atoms with Crippen molar-refractivity contribution in [1.82, 2.24) is 9.47 Å². The van der Waals surface area contributed by atoms with Gasteiger partial charge in [0, 0.05) is 31.0 Å². The Kier molecular flexibility index (Phi) is 4.96. The Morgan fingerprint density at radius 3 is 2.62 bits per heavy atom. The number of aromatic nitrogens is 1. The lowest BCUT2D eigenvalue weighted by Crippen LogP contribution is -2.51. The fourth-order valence-corrected chi connectivity index (χ4v) is 4.84. The molecule has 1 fully saturated rings. The Labute approximate surface area is 187 Å². The van der Waals surface area contributed by atoms with E-state index in [0.717, 1.165) is 18.5 Å². The molecule has 2 aromatic carbocycles. The van der Waals surface area contributed by atoms with E-state index >= 15 is 0 Å². The maximum atomic E-state index is 13.0. The van der Waals surface area contributed by atoms with Crippen LogP contribution in [0.5, 0.6) is 11.5 Å².